The maximum atomic E-state index is 5.35. The lowest BCUT2D eigenvalue weighted by molar-refractivity contribution is 0.412. The molecule has 4 aromatic rings. The number of ether oxygens (including phenoxy) is 2. The lowest BCUT2D eigenvalue weighted by Crippen LogP contribution is -2.04. The summed E-state index contributed by atoms with van der Waals surface area (Å²) in [6, 6.07) is 22.4. The van der Waals surface area contributed by atoms with Crippen LogP contribution in [0.3, 0.4) is 0 Å². The number of aromatic nitrogens is 3. The average Bonchev–Trinajstić information content (AvgIpc) is 3.20. The minimum Gasteiger partial charge on any atom is -0.496 e. The molecular weight excluding hydrogens is 554 g/mol. The number of hydrogen-bond donors (Lipinski definition) is 0. The quantitative estimate of drug-likeness (QED) is 0.219. The molecule has 0 spiro atoms. The first-order chi connectivity index (χ1) is 15.6. The molecule has 164 valence electrons. The Morgan fingerprint density at radius 1 is 0.812 bits per heavy atom. The number of rotatable bonds is 8. The van der Waals surface area contributed by atoms with Crippen molar-refractivity contribution in [2.45, 2.75) is 17.3 Å². The molecule has 0 aliphatic heterocycles. The Bertz CT molecular complexity index is 1220. The molecule has 8 heteroatoms. The van der Waals surface area contributed by atoms with E-state index in [2.05, 4.69) is 83.0 Å². The molecule has 0 amide bonds. The number of thioether (sulfide) groups is 1. The van der Waals surface area contributed by atoms with Crippen molar-refractivity contribution in [2.75, 3.05) is 14.2 Å². The van der Waals surface area contributed by atoms with E-state index in [-0.39, 0.29) is 0 Å². The Labute approximate surface area is 208 Å². The zero-order chi connectivity index (χ0) is 22.5. The van der Waals surface area contributed by atoms with Crippen LogP contribution in [-0.4, -0.2) is 29.0 Å². The second kappa shape index (κ2) is 10.6. The third-order valence-corrected chi connectivity index (χ3v) is 7.12. The normalized spacial score (nSPS) is 10.9. The molecule has 1 heterocycles. The SMILES string of the molecule is COc1ccc(CSc2nnc(Cc3ccc(OC)c(Br)c3)n2-c2ccccc2)cc1Br. The van der Waals surface area contributed by atoms with Gasteiger partial charge in [-0.1, -0.05) is 42.1 Å². The highest BCUT2D eigenvalue weighted by atomic mass is 79.9. The van der Waals surface area contributed by atoms with Gasteiger partial charge in [-0.2, -0.15) is 0 Å². The summed E-state index contributed by atoms with van der Waals surface area (Å²) in [7, 11) is 3.33. The maximum absolute atomic E-state index is 5.35. The fourth-order valence-electron chi connectivity index (χ4n) is 3.29. The van der Waals surface area contributed by atoms with Gasteiger partial charge in [-0.25, -0.2) is 0 Å². The lowest BCUT2D eigenvalue weighted by Gasteiger charge is -2.11. The van der Waals surface area contributed by atoms with Crippen molar-refractivity contribution in [3.63, 3.8) is 0 Å². The largest absolute Gasteiger partial charge is 0.496 e. The summed E-state index contributed by atoms with van der Waals surface area (Å²) in [5, 5.41) is 9.91. The van der Waals surface area contributed by atoms with Crippen LogP contribution in [-0.2, 0) is 12.2 Å². The van der Waals surface area contributed by atoms with E-state index in [9.17, 15) is 0 Å². The molecule has 0 N–H and O–H groups in total. The van der Waals surface area contributed by atoms with Crippen LogP contribution in [0.2, 0.25) is 0 Å². The van der Waals surface area contributed by atoms with Gasteiger partial charge in [0.1, 0.15) is 17.3 Å². The minimum atomic E-state index is 0.652. The van der Waals surface area contributed by atoms with Crippen molar-refractivity contribution < 1.29 is 9.47 Å². The second-order valence-corrected chi connectivity index (χ2v) is 9.62. The maximum Gasteiger partial charge on any atom is 0.196 e. The molecule has 0 aliphatic carbocycles. The smallest absolute Gasteiger partial charge is 0.196 e. The fourth-order valence-corrected chi connectivity index (χ4v) is 5.38. The topological polar surface area (TPSA) is 49.2 Å². The van der Waals surface area contributed by atoms with Crippen LogP contribution in [0.4, 0.5) is 0 Å². The van der Waals surface area contributed by atoms with Gasteiger partial charge in [0, 0.05) is 17.9 Å². The zero-order valence-corrected chi connectivity index (χ0v) is 21.6. The molecule has 4 rings (SSSR count). The number of para-hydroxylation sites is 1. The molecule has 0 aliphatic rings. The lowest BCUT2D eigenvalue weighted by atomic mass is 10.1. The molecule has 3 aromatic carbocycles. The molecule has 0 saturated heterocycles. The third kappa shape index (κ3) is 5.19. The molecule has 1 aromatic heterocycles. The van der Waals surface area contributed by atoms with Crippen LogP contribution in [0, 0.1) is 0 Å². The Balaban J connectivity index is 1.62. The van der Waals surface area contributed by atoms with Crippen molar-refractivity contribution >= 4 is 43.6 Å². The summed E-state index contributed by atoms with van der Waals surface area (Å²) in [6.07, 6.45) is 0.652. The number of nitrogens with zero attached hydrogens (tertiary/aromatic N) is 3. The Morgan fingerprint density at radius 3 is 2.06 bits per heavy atom. The van der Waals surface area contributed by atoms with Crippen molar-refractivity contribution in [1.29, 1.82) is 0 Å². The summed E-state index contributed by atoms with van der Waals surface area (Å²) in [4.78, 5) is 0. The molecule has 0 fully saturated rings. The fraction of sp³-hybridized carbons (Fsp3) is 0.167. The van der Waals surface area contributed by atoms with Crippen molar-refractivity contribution in [3.05, 3.63) is 92.6 Å². The third-order valence-electron chi connectivity index (χ3n) is 4.88. The van der Waals surface area contributed by atoms with Gasteiger partial charge in [0.05, 0.1) is 23.2 Å². The van der Waals surface area contributed by atoms with E-state index in [1.165, 1.54) is 5.56 Å². The van der Waals surface area contributed by atoms with Crippen molar-refractivity contribution in [1.82, 2.24) is 14.8 Å². The van der Waals surface area contributed by atoms with E-state index in [1.807, 2.05) is 30.3 Å². The molecule has 0 atom stereocenters. The standard InChI is InChI=1S/C24H21Br2N3O2S/c1-30-21-10-8-16(12-19(21)25)14-23-27-28-24(29(23)18-6-4-3-5-7-18)32-15-17-9-11-22(31-2)20(26)13-17/h3-13H,14-15H2,1-2H3. The van der Waals surface area contributed by atoms with E-state index in [4.69, 9.17) is 9.47 Å². The van der Waals surface area contributed by atoms with E-state index in [0.717, 1.165) is 48.4 Å². The van der Waals surface area contributed by atoms with Gasteiger partial charge in [-0.3, -0.25) is 4.57 Å². The summed E-state index contributed by atoms with van der Waals surface area (Å²) in [5.74, 6) is 3.27. The first-order valence-electron chi connectivity index (χ1n) is 9.86. The molecule has 0 saturated carbocycles. The summed E-state index contributed by atoms with van der Waals surface area (Å²) in [5.41, 5.74) is 3.34. The summed E-state index contributed by atoms with van der Waals surface area (Å²) in [6.45, 7) is 0. The van der Waals surface area contributed by atoms with Crippen LogP contribution < -0.4 is 9.47 Å². The zero-order valence-electron chi connectivity index (χ0n) is 17.6. The van der Waals surface area contributed by atoms with Crippen LogP contribution in [0.5, 0.6) is 11.5 Å². The first kappa shape index (κ1) is 22.9. The van der Waals surface area contributed by atoms with E-state index in [0.29, 0.717) is 6.42 Å². The predicted molar refractivity (Wildman–Crippen MR) is 135 cm³/mol. The molecular formula is C24H21Br2N3O2S. The average molecular weight is 575 g/mol. The molecule has 0 unspecified atom stereocenters. The molecule has 5 nitrogen and oxygen atoms in total. The summed E-state index contributed by atoms with van der Waals surface area (Å²) >= 11 is 8.79. The van der Waals surface area contributed by atoms with Crippen molar-refractivity contribution in [3.8, 4) is 17.2 Å². The van der Waals surface area contributed by atoms with E-state index >= 15 is 0 Å². The van der Waals surface area contributed by atoms with Crippen LogP contribution in [0.15, 0.2) is 80.8 Å². The van der Waals surface area contributed by atoms with Gasteiger partial charge in [0.15, 0.2) is 5.16 Å². The predicted octanol–water partition coefficient (Wildman–Crippen LogP) is 6.69. The van der Waals surface area contributed by atoms with Crippen molar-refractivity contribution in [2.24, 2.45) is 0 Å². The van der Waals surface area contributed by atoms with Gasteiger partial charge in [0.25, 0.3) is 0 Å². The molecule has 0 bridgehead atoms. The highest BCUT2D eigenvalue weighted by Gasteiger charge is 2.16. The summed E-state index contributed by atoms with van der Waals surface area (Å²) < 4.78 is 14.7. The second-order valence-electron chi connectivity index (χ2n) is 6.97. The molecule has 32 heavy (non-hydrogen) atoms. The number of benzene rings is 3. The minimum absolute atomic E-state index is 0.652. The van der Waals surface area contributed by atoms with Gasteiger partial charge >= 0.3 is 0 Å². The van der Waals surface area contributed by atoms with Gasteiger partial charge < -0.3 is 9.47 Å². The number of methoxy groups -OCH3 is 2. The van der Waals surface area contributed by atoms with E-state index in [1.54, 1.807) is 26.0 Å². The van der Waals surface area contributed by atoms with Crippen LogP contribution in [0.1, 0.15) is 17.0 Å². The van der Waals surface area contributed by atoms with Gasteiger partial charge in [-0.05, 0) is 79.4 Å². The van der Waals surface area contributed by atoms with Gasteiger partial charge in [0.2, 0.25) is 0 Å². The number of hydrogen-bond acceptors (Lipinski definition) is 5. The number of halogens is 2. The monoisotopic (exact) mass is 573 g/mol. The first-order valence-corrected chi connectivity index (χ1v) is 12.4. The Morgan fingerprint density at radius 2 is 1.44 bits per heavy atom. The van der Waals surface area contributed by atoms with Crippen LogP contribution >= 0.6 is 43.6 Å². The van der Waals surface area contributed by atoms with Crippen LogP contribution in [0.25, 0.3) is 5.69 Å². The van der Waals surface area contributed by atoms with Gasteiger partial charge in [-0.15, -0.1) is 10.2 Å². The highest BCUT2D eigenvalue weighted by molar-refractivity contribution is 9.10. The Hall–Kier alpha value is -2.29. The highest BCUT2D eigenvalue weighted by Crippen LogP contribution is 2.31. The van der Waals surface area contributed by atoms with E-state index < -0.39 is 0 Å². The Kier molecular flexibility index (Phi) is 7.55. The molecule has 0 radical (unpaired) electrons.